The SMILES string of the molecule is CC(C)CC(NC(=O)C(CO)NC(=O)C(N)Cc1ccccc1)C(=O)NC(CCC(N)=O)C(=O)O. The van der Waals surface area contributed by atoms with Crippen molar-refractivity contribution in [2.75, 3.05) is 6.61 Å². The summed E-state index contributed by atoms with van der Waals surface area (Å²) < 4.78 is 0. The van der Waals surface area contributed by atoms with E-state index in [-0.39, 0.29) is 31.6 Å². The Morgan fingerprint density at radius 3 is 1.94 bits per heavy atom. The molecule has 4 amide bonds. The number of amides is 4. The van der Waals surface area contributed by atoms with E-state index < -0.39 is 60.4 Å². The largest absolute Gasteiger partial charge is 0.480 e. The molecule has 0 aliphatic rings. The van der Waals surface area contributed by atoms with Crippen molar-refractivity contribution in [2.45, 2.75) is 63.7 Å². The van der Waals surface area contributed by atoms with E-state index in [1.807, 2.05) is 6.07 Å². The van der Waals surface area contributed by atoms with Crippen LogP contribution in [0.3, 0.4) is 0 Å². The summed E-state index contributed by atoms with van der Waals surface area (Å²) in [6.07, 6.45) is -0.0975. The van der Waals surface area contributed by atoms with Crippen molar-refractivity contribution in [1.82, 2.24) is 16.0 Å². The second-order valence-corrected chi connectivity index (χ2v) is 8.64. The van der Waals surface area contributed by atoms with Gasteiger partial charge < -0.3 is 37.6 Å². The molecule has 0 spiro atoms. The Morgan fingerprint density at radius 2 is 1.43 bits per heavy atom. The molecule has 12 heteroatoms. The Hall–Kier alpha value is -3.51. The smallest absolute Gasteiger partial charge is 0.326 e. The van der Waals surface area contributed by atoms with Crippen LogP contribution in [0.15, 0.2) is 30.3 Å². The Morgan fingerprint density at radius 1 is 0.886 bits per heavy atom. The highest BCUT2D eigenvalue weighted by molar-refractivity contribution is 5.94. The highest BCUT2D eigenvalue weighted by Crippen LogP contribution is 2.08. The van der Waals surface area contributed by atoms with Gasteiger partial charge >= 0.3 is 5.97 Å². The lowest BCUT2D eigenvalue weighted by atomic mass is 10.0. The predicted octanol–water partition coefficient (Wildman–Crippen LogP) is -1.60. The lowest BCUT2D eigenvalue weighted by molar-refractivity contribution is -0.142. The van der Waals surface area contributed by atoms with Crippen LogP contribution < -0.4 is 27.4 Å². The summed E-state index contributed by atoms with van der Waals surface area (Å²) in [7, 11) is 0. The average Bonchev–Trinajstić information content (AvgIpc) is 2.79. The molecule has 1 rings (SSSR count). The van der Waals surface area contributed by atoms with Crippen molar-refractivity contribution in [2.24, 2.45) is 17.4 Å². The van der Waals surface area contributed by atoms with Crippen LogP contribution in [0.4, 0.5) is 0 Å². The number of carbonyl (C=O) groups excluding carboxylic acids is 4. The van der Waals surface area contributed by atoms with Gasteiger partial charge in [0.15, 0.2) is 0 Å². The van der Waals surface area contributed by atoms with E-state index in [1.54, 1.807) is 38.1 Å². The summed E-state index contributed by atoms with van der Waals surface area (Å²) >= 11 is 0. The first-order valence-electron chi connectivity index (χ1n) is 11.3. The summed E-state index contributed by atoms with van der Waals surface area (Å²) in [6.45, 7) is 2.84. The third kappa shape index (κ3) is 11.0. The van der Waals surface area contributed by atoms with E-state index in [0.29, 0.717) is 0 Å². The third-order valence-electron chi connectivity index (χ3n) is 5.08. The van der Waals surface area contributed by atoms with Crippen molar-refractivity contribution >= 4 is 29.6 Å². The number of hydrogen-bond acceptors (Lipinski definition) is 7. The number of benzene rings is 1. The maximum absolute atomic E-state index is 12.7. The lowest BCUT2D eigenvalue weighted by Crippen LogP contribution is -2.58. The number of primary amides is 1. The second kappa shape index (κ2) is 14.7. The number of nitrogens with two attached hydrogens (primary N) is 2. The standard InChI is InChI=1S/C23H35N5O7/c1-13(2)10-17(21(32)26-16(23(34)35)8-9-19(25)30)27-22(33)18(12-29)28-20(31)15(24)11-14-6-4-3-5-7-14/h3-7,13,15-18,29H,8-12,24H2,1-2H3,(H2,25,30)(H,26,32)(H,27,33)(H,28,31)(H,34,35). The van der Waals surface area contributed by atoms with Gasteiger partial charge in [0.2, 0.25) is 23.6 Å². The van der Waals surface area contributed by atoms with Crippen LogP contribution in [0.1, 0.15) is 38.7 Å². The summed E-state index contributed by atoms with van der Waals surface area (Å²) in [5.74, 6) is -4.43. The fourth-order valence-electron chi connectivity index (χ4n) is 3.23. The van der Waals surface area contributed by atoms with E-state index in [9.17, 15) is 34.2 Å². The fraction of sp³-hybridized carbons (Fsp3) is 0.522. The molecule has 12 nitrogen and oxygen atoms in total. The number of aliphatic hydroxyl groups is 1. The minimum atomic E-state index is -1.38. The van der Waals surface area contributed by atoms with Gasteiger partial charge in [-0.05, 0) is 30.7 Å². The van der Waals surface area contributed by atoms with Crippen molar-refractivity contribution in [3.8, 4) is 0 Å². The lowest BCUT2D eigenvalue weighted by Gasteiger charge is -2.25. The number of hydrogen-bond donors (Lipinski definition) is 7. The molecule has 4 unspecified atom stereocenters. The van der Waals surface area contributed by atoms with E-state index >= 15 is 0 Å². The molecule has 1 aromatic carbocycles. The normalized spacial score (nSPS) is 14.3. The second-order valence-electron chi connectivity index (χ2n) is 8.64. The summed E-state index contributed by atoms with van der Waals surface area (Å²) in [5, 5.41) is 26.1. The molecular weight excluding hydrogens is 458 g/mol. The van der Waals surface area contributed by atoms with Gasteiger partial charge in [-0.3, -0.25) is 19.2 Å². The fourth-order valence-corrected chi connectivity index (χ4v) is 3.23. The first kappa shape index (κ1) is 29.5. The molecular formula is C23H35N5O7. The number of carboxylic acids is 1. The molecule has 9 N–H and O–H groups in total. The summed E-state index contributed by atoms with van der Waals surface area (Å²) in [6, 6.07) is 4.12. The molecule has 0 aromatic heterocycles. The number of aliphatic hydroxyl groups excluding tert-OH is 1. The van der Waals surface area contributed by atoms with Crippen LogP contribution in [-0.4, -0.2) is 70.6 Å². The Kier molecular flexibility index (Phi) is 12.4. The molecule has 0 aliphatic carbocycles. The van der Waals surface area contributed by atoms with Gasteiger partial charge in [-0.25, -0.2) is 4.79 Å². The zero-order chi connectivity index (χ0) is 26.5. The summed E-state index contributed by atoms with van der Waals surface area (Å²) in [4.78, 5) is 60.4. The highest BCUT2D eigenvalue weighted by atomic mass is 16.4. The number of carbonyl (C=O) groups is 5. The zero-order valence-corrected chi connectivity index (χ0v) is 19.9. The van der Waals surface area contributed by atoms with Crippen LogP contribution in [0, 0.1) is 5.92 Å². The van der Waals surface area contributed by atoms with E-state index in [1.165, 1.54) is 0 Å². The van der Waals surface area contributed by atoms with E-state index in [0.717, 1.165) is 5.56 Å². The highest BCUT2D eigenvalue weighted by Gasteiger charge is 2.30. The minimum absolute atomic E-state index is 0.0681. The Labute approximate surface area is 203 Å². The quantitative estimate of drug-likeness (QED) is 0.151. The van der Waals surface area contributed by atoms with Crippen LogP contribution >= 0.6 is 0 Å². The number of rotatable bonds is 15. The third-order valence-corrected chi connectivity index (χ3v) is 5.08. The number of nitrogens with one attached hydrogen (secondary N) is 3. The molecule has 4 atom stereocenters. The Balaban J connectivity index is 2.83. The number of aliphatic carboxylic acids is 1. The molecule has 0 heterocycles. The monoisotopic (exact) mass is 493 g/mol. The molecule has 0 fully saturated rings. The van der Waals surface area contributed by atoms with Gasteiger partial charge in [-0.1, -0.05) is 44.2 Å². The van der Waals surface area contributed by atoms with Gasteiger partial charge in [0.1, 0.15) is 18.1 Å². The first-order chi connectivity index (χ1) is 16.4. The molecule has 194 valence electrons. The van der Waals surface area contributed by atoms with E-state index in [4.69, 9.17) is 11.5 Å². The van der Waals surface area contributed by atoms with Crippen LogP contribution in [-0.2, 0) is 30.4 Å². The van der Waals surface area contributed by atoms with Crippen molar-refractivity contribution in [1.29, 1.82) is 0 Å². The first-order valence-corrected chi connectivity index (χ1v) is 11.3. The molecule has 0 radical (unpaired) electrons. The predicted molar refractivity (Wildman–Crippen MR) is 127 cm³/mol. The molecule has 0 saturated heterocycles. The molecule has 0 saturated carbocycles. The molecule has 0 aliphatic heterocycles. The van der Waals surface area contributed by atoms with Gasteiger partial charge in [-0.2, -0.15) is 0 Å². The number of carboxylic acid groups (broad SMARTS) is 1. The average molecular weight is 494 g/mol. The van der Waals surface area contributed by atoms with Crippen molar-refractivity contribution in [3.05, 3.63) is 35.9 Å². The molecule has 0 bridgehead atoms. The maximum atomic E-state index is 12.7. The van der Waals surface area contributed by atoms with Crippen LogP contribution in [0.25, 0.3) is 0 Å². The van der Waals surface area contributed by atoms with Gasteiger partial charge in [-0.15, -0.1) is 0 Å². The van der Waals surface area contributed by atoms with Crippen molar-refractivity contribution < 1.29 is 34.2 Å². The van der Waals surface area contributed by atoms with Crippen molar-refractivity contribution in [3.63, 3.8) is 0 Å². The van der Waals surface area contributed by atoms with Gasteiger partial charge in [0.05, 0.1) is 12.6 Å². The molecule has 1 aromatic rings. The van der Waals surface area contributed by atoms with Crippen LogP contribution in [0.2, 0.25) is 0 Å². The van der Waals surface area contributed by atoms with Crippen LogP contribution in [0.5, 0.6) is 0 Å². The van der Waals surface area contributed by atoms with Gasteiger partial charge in [0, 0.05) is 6.42 Å². The van der Waals surface area contributed by atoms with E-state index in [2.05, 4.69) is 16.0 Å². The topological polar surface area (TPSA) is 214 Å². The Bertz CT molecular complexity index is 878. The maximum Gasteiger partial charge on any atom is 0.326 e. The van der Waals surface area contributed by atoms with Gasteiger partial charge in [0.25, 0.3) is 0 Å². The minimum Gasteiger partial charge on any atom is -0.480 e. The molecule has 35 heavy (non-hydrogen) atoms. The summed E-state index contributed by atoms with van der Waals surface area (Å²) in [5.41, 5.74) is 11.8. The zero-order valence-electron chi connectivity index (χ0n) is 19.9.